The molecule has 1 fully saturated rings. The highest BCUT2D eigenvalue weighted by Crippen LogP contribution is 2.46. The van der Waals surface area contributed by atoms with Crippen molar-refractivity contribution in [2.75, 3.05) is 0 Å². The predicted molar refractivity (Wildman–Crippen MR) is 55.3 cm³/mol. The van der Waals surface area contributed by atoms with Crippen molar-refractivity contribution >= 4 is 0 Å². The summed E-state index contributed by atoms with van der Waals surface area (Å²) in [6, 6.07) is 0. The molecule has 0 atom stereocenters. The predicted octanol–water partition coefficient (Wildman–Crippen LogP) is 5.26. The Balaban J connectivity index is 3.27. The first-order valence-corrected chi connectivity index (χ1v) is 5.85. The first kappa shape index (κ1) is 18.6. The number of allylic oxidation sites excluding steroid dienone is 2. The highest BCUT2D eigenvalue weighted by molar-refractivity contribution is 5.40. The van der Waals surface area contributed by atoms with Crippen LogP contribution in [-0.2, 0) is 0 Å². The Hall–Kier alpha value is -1.40. The van der Waals surface area contributed by atoms with Crippen LogP contribution in [0.4, 0.5) is 43.9 Å². The lowest BCUT2D eigenvalue weighted by Crippen LogP contribution is -2.51. The molecule has 0 bridgehead atoms. The van der Waals surface area contributed by atoms with E-state index in [1.54, 1.807) is 0 Å². The summed E-state index contributed by atoms with van der Waals surface area (Å²) in [6.45, 7) is 0. The molecule has 0 aromatic carbocycles. The highest BCUT2D eigenvalue weighted by Gasteiger charge is 2.72. The van der Waals surface area contributed by atoms with E-state index in [1.165, 1.54) is 0 Å². The first-order chi connectivity index (χ1) is 9.70. The van der Waals surface area contributed by atoms with Crippen LogP contribution in [0.3, 0.4) is 0 Å². The van der Waals surface area contributed by atoms with E-state index >= 15 is 0 Å². The third-order valence-electron chi connectivity index (χ3n) is 2.94. The molecule has 10 heteroatoms. The fourth-order valence-electron chi connectivity index (χ4n) is 1.81. The quantitative estimate of drug-likeness (QED) is 0.451. The van der Waals surface area contributed by atoms with Gasteiger partial charge in [0, 0.05) is 0 Å². The van der Waals surface area contributed by atoms with Crippen LogP contribution < -0.4 is 0 Å². The van der Waals surface area contributed by atoms with Crippen molar-refractivity contribution < 1.29 is 43.9 Å². The van der Waals surface area contributed by atoms with E-state index in [4.69, 9.17) is 0 Å². The average Bonchev–Trinajstić information content (AvgIpc) is 2.78. The van der Waals surface area contributed by atoms with Gasteiger partial charge in [0.15, 0.2) is 0 Å². The second kappa shape index (κ2) is 5.66. The van der Waals surface area contributed by atoms with Gasteiger partial charge in [-0.05, 0) is 37.2 Å². The molecule has 1 aliphatic rings. The molecule has 0 amide bonds. The van der Waals surface area contributed by atoms with Crippen LogP contribution in [0, 0.1) is 11.8 Å². The van der Waals surface area contributed by atoms with Crippen molar-refractivity contribution in [3.8, 4) is 11.8 Å². The molecule has 0 nitrogen and oxygen atoms in total. The van der Waals surface area contributed by atoms with Crippen LogP contribution >= 0.6 is 0 Å². The van der Waals surface area contributed by atoms with E-state index in [9.17, 15) is 43.9 Å². The number of rotatable bonds is 1. The first-order valence-electron chi connectivity index (χ1n) is 5.85. The van der Waals surface area contributed by atoms with Gasteiger partial charge >= 0.3 is 24.2 Å². The Labute approximate surface area is 118 Å². The molecule has 0 spiro atoms. The van der Waals surface area contributed by atoms with E-state index in [1.807, 2.05) is 0 Å². The number of hydrogen-bond donors (Lipinski definition) is 0. The second-order valence-electron chi connectivity index (χ2n) is 4.58. The minimum Gasteiger partial charge on any atom is -0.188 e. The number of hydrogen-bond acceptors (Lipinski definition) is 0. The monoisotopic (exact) mass is 342 g/mol. The fraction of sp³-hybridized carbons (Fsp3) is 0.667. The molecule has 1 aliphatic carbocycles. The van der Waals surface area contributed by atoms with Gasteiger partial charge in [0.25, 0.3) is 0 Å². The van der Waals surface area contributed by atoms with Crippen LogP contribution in [0.2, 0.25) is 0 Å². The molecule has 1 saturated carbocycles. The van der Waals surface area contributed by atoms with Crippen LogP contribution in [0.1, 0.15) is 25.7 Å². The summed E-state index contributed by atoms with van der Waals surface area (Å²) in [6.07, 6.45) is -11.4. The minimum atomic E-state index is -6.63. The molecule has 0 heterocycles. The number of halogens is 10. The maximum atomic E-state index is 12.9. The number of alkyl halides is 10. The maximum absolute atomic E-state index is 12.9. The van der Waals surface area contributed by atoms with Crippen molar-refractivity contribution in [2.45, 2.75) is 49.9 Å². The maximum Gasteiger partial charge on any atom is 0.461 e. The third kappa shape index (κ3) is 3.67. The van der Waals surface area contributed by atoms with E-state index in [2.05, 4.69) is 0 Å². The molecule has 0 saturated heterocycles. The molecule has 126 valence electrons. The normalized spacial score (nSPS) is 17.3. The topological polar surface area (TPSA) is 0 Å². The Morgan fingerprint density at radius 1 is 0.773 bits per heavy atom. The zero-order valence-electron chi connectivity index (χ0n) is 10.6. The smallest absolute Gasteiger partial charge is 0.188 e. The van der Waals surface area contributed by atoms with Gasteiger partial charge in [-0.3, -0.25) is 0 Å². The van der Waals surface area contributed by atoms with Gasteiger partial charge in [0.2, 0.25) is 0 Å². The Morgan fingerprint density at radius 3 is 1.59 bits per heavy atom. The van der Waals surface area contributed by atoms with Crippen LogP contribution in [0.5, 0.6) is 0 Å². The summed E-state index contributed by atoms with van der Waals surface area (Å²) in [4.78, 5) is 0. The lowest BCUT2D eigenvalue weighted by Gasteiger charge is -2.24. The van der Waals surface area contributed by atoms with Crippen molar-refractivity contribution in [1.29, 1.82) is 0 Å². The summed E-state index contributed by atoms with van der Waals surface area (Å²) in [5.74, 6) is -11.6. The minimum absolute atomic E-state index is 0.120. The molecule has 0 aliphatic heterocycles. The Kier molecular flexibility index (Phi) is 4.80. The lowest BCUT2D eigenvalue weighted by molar-refractivity contribution is -0.339. The average molecular weight is 342 g/mol. The van der Waals surface area contributed by atoms with E-state index in [0.29, 0.717) is 12.8 Å². The van der Waals surface area contributed by atoms with Gasteiger partial charge in [-0.15, -0.1) is 0 Å². The van der Waals surface area contributed by atoms with Gasteiger partial charge in [-0.25, -0.2) is 0 Å². The summed E-state index contributed by atoms with van der Waals surface area (Å²) in [7, 11) is 0. The summed E-state index contributed by atoms with van der Waals surface area (Å²) < 4.78 is 124. The zero-order chi connectivity index (χ0) is 17.4. The second-order valence-corrected chi connectivity index (χ2v) is 4.58. The fourth-order valence-corrected chi connectivity index (χ4v) is 1.81. The van der Waals surface area contributed by atoms with Gasteiger partial charge in [0.1, 0.15) is 5.57 Å². The van der Waals surface area contributed by atoms with E-state index in [-0.39, 0.29) is 24.3 Å². The summed E-state index contributed by atoms with van der Waals surface area (Å²) >= 11 is 0. The van der Waals surface area contributed by atoms with Gasteiger partial charge in [0.05, 0.1) is 0 Å². The third-order valence-corrected chi connectivity index (χ3v) is 2.94. The van der Waals surface area contributed by atoms with Gasteiger partial charge < -0.3 is 0 Å². The molecular weight excluding hydrogens is 334 g/mol. The zero-order valence-corrected chi connectivity index (χ0v) is 10.6. The lowest BCUT2D eigenvalue weighted by atomic mass is 10.1. The molecule has 1 rings (SSSR count). The largest absolute Gasteiger partial charge is 0.461 e. The molecule has 0 aromatic rings. The van der Waals surface area contributed by atoms with Gasteiger partial charge in [-0.2, -0.15) is 43.9 Å². The molecule has 0 unspecified atom stereocenters. The van der Waals surface area contributed by atoms with E-state index < -0.39 is 29.8 Å². The molecule has 0 N–H and O–H groups in total. The molecule has 22 heavy (non-hydrogen) atoms. The van der Waals surface area contributed by atoms with Crippen molar-refractivity contribution in [2.24, 2.45) is 0 Å². The standard InChI is InChI=1S/C12H8F10/c13-9(14,11(18,19)12(20,21)22)6-5-8(10(15,16)17)7-3-1-2-4-7/h1-4H2. The highest BCUT2D eigenvalue weighted by atomic mass is 19.4. The Morgan fingerprint density at radius 2 is 1.23 bits per heavy atom. The summed E-state index contributed by atoms with van der Waals surface area (Å²) in [5, 5.41) is 0. The van der Waals surface area contributed by atoms with Crippen LogP contribution in [0.25, 0.3) is 0 Å². The summed E-state index contributed by atoms with van der Waals surface area (Å²) in [5.41, 5.74) is -2.14. The van der Waals surface area contributed by atoms with Crippen LogP contribution in [-0.4, -0.2) is 24.2 Å². The van der Waals surface area contributed by atoms with E-state index in [0.717, 1.165) is 5.92 Å². The van der Waals surface area contributed by atoms with Gasteiger partial charge in [-0.1, -0.05) is 5.92 Å². The molecular formula is C12H8F10. The molecule has 0 radical (unpaired) electrons. The Bertz CT molecular complexity index is 501. The van der Waals surface area contributed by atoms with Crippen molar-refractivity contribution in [3.63, 3.8) is 0 Å². The van der Waals surface area contributed by atoms with Crippen molar-refractivity contribution in [1.82, 2.24) is 0 Å². The SMILES string of the molecule is FC(F)(F)C(C#CC(F)(F)C(F)(F)C(F)(F)F)=C1CCCC1. The van der Waals surface area contributed by atoms with Crippen LogP contribution in [0.15, 0.2) is 11.1 Å². The van der Waals surface area contributed by atoms with Crippen molar-refractivity contribution in [3.05, 3.63) is 11.1 Å². The molecule has 0 aromatic heterocycles.